The molecule has 2 saturated heterocycles. The molecule has 7 nitrogen and oxygen atoms in total. The van der Waals surface area contributed by atoms with Gasteiger partial charge in [-0.15, -0.1) is 0 Å². The summed E-state index contributed by atoms with van der Waals surface area (Å²) in [7, 11) is 0. The van der Waals surface area contributed by atoms with Crippen LogP contribution in [-0.4, -0.2) is 83.1 Å². The Labute approximate surface area is 149 Å². The number of likely N-dealkylation sites (tertiary alicyclic amines) is 1. The lowest BCUT2D eigenvalue weighted by atomic mass is 9.89. The van der Waals surface area contributed by atoms with Crippen LogP contribution in [0.1, 0.15) is 19.3 Å². The molecule has 1 amide bonds. The number of nitrogens with zero attached hydrogens (tertiary/aromatic N) is 4. The molecule has 1 aromatic heterocycles. The van der Waals surface area contributed by atoms with Crippen molar-refractivity contribution in [1.29, 1.82) is 0 Å². The first kappa shape index (κ1) is 18.4. The average molecular weight is 350 g/mol. The van der Waals surface area contributed by atoms with Crippen molar-refractivity contribution in [3.05, 3.63) is 18.5 Å². The quantitative estimate of drug-likeness (QED) is 0.773. The molecule has 140 valence electrons. The molecule has 0 bridgehead atoms. The number of carbonyl (C=O) groups is 1. The highest BCUT2D eigenvalue weighted by Crippen LogP contribution is 2.24. The lowest BCUT2D eigenvalue weighted by Crippen LogP contribution is -2.49. The minimum absolute atomic E-state index is 0.163. The van der Waals surface area contributed by atoms with E-state index in [4.69, 9.17) is 4.74 Å². The molecule has 0 spiro atoms. The van der Waals surface area contributed by atoms with Crippen molar-refractivity contribution in [2.45, 2.75) is 25.8 Å². The molecule has 7 heteroatoms. The largest absolute Gasteiger partial charge is 0.396 e. The zero-order valence-corrected chi connectivity index (χ0v) is 14.9. The van der Waals surface area contributed by atoms with E-state index in [0.717, 1.165) is 58.8 Å². The topological polar surface area (TPSA) is 70.8 Å². The summed E-state index contributed by atoms with van der Waals surface area (Å²) in [6, 6.07) is 1.90. The van der Waals surface area contributed by atoms with Gasteiger partial charge in [0.05, 0.1) is 13.2 Å². The van der Waals surface area contributed by atoms with Gasteiger partial charge in [0.1, 0.15) is 0 Å². The Balaban J connectivity index is 1.47. The van der Waals surface area contributed by atoms with Gasteiger partial charge in [-0.05, 0) is 30.7 Å². The highest BCUT2D eigenvalue weighted by atomic mass is 16.5. The number of amides is 1. The SMILES string of the molecule is O=C(CCCn1cccn1)N1C[C@H](CO)C[C@H](CN2CCOCC2)C1. The first-order valence-electron chi connectivity index (χ1n) is 9.40. The van der Waals surface area contributed by atoms with Crippen LogP contribution in [0.4, 0.5) is 0 Å². The van der Waals surface area contributed by atoms with Crippen molar-refractivity contribution in [3.8, 4) is 0 Å². The standard InChI is InChI=1S/C18H30N4O3/c23-15-17-11-16(12-20-7-9-25-10-8-20)13-21(14-17)18(24)3-1-5-22-6-2-4-19-22/h2,4,6,16-17,23H,1,3,5,7-15H2/t16-,17-/m1/s1. The maximum Gasteiger partial charge on any atom is 0.222 e. The average Bonchev–Trinajstić information content (AvgIpc) is 3.15. The molecule has 3 rings (SSSR count). The number of aliphatic hydroxyl groups is 1. The first-order chi connectivity index (χ1) is 12.2. The van der Waals surface area contributed by atoms with Crippen molar-refractivity contribution in [1.82, 2.24) is 19.6 Å². The highest BCUT2D eigenvalue weighted by molar-refractivity contribution is 5.76. The van der Waals surface area contributed by atoms with Gasteiger partial charge in [-0.2, -0.15) is 5.10 Å². The Kier molecular flexibility index (Phi) is 6.84. The molecule has 1 N–H and O–H groups in total. The second-order valence-corrected chi connectivity index (χ2v) is 7.23. The molecule has 3 heterocycles. The van der Waals surface area contributed by atoms with Crippen LogP contribution in [0.25, 0.3) is 0 Å². The fraction of sp³-hybridized carbons (Fsp3) is 0.778. The predicted molar refractivity (Wildman–Crippen MR) is 94.0 cm³/mol. The number of ether oxygens (including phenoxy) is 1. The van der Waals surface area contributed by atoms with Crippen LogP contribution in [0.5, 0.6) is 0 Å². The lowest BCUT2D eigenvalue weighted by Gasteiger charge is -2.40. The van der Waals surface area contributed by atoms with Crippen LogP contribution in [0.3, 0.4) is 0 Å². The maximum atomic E-state index is 12.6. The molecule has 25 heavy (non-hydrogen) atoms. The Bertz CT molecular complexity index is 516. The van der Waals surface area contributed by atoms with E-state index in [1.807, 2.05) is 21.8 Å². The number of aryl methyl sites for hydroxylation is 1. The Hall–Kier alpha value is -1.44. The summed E-state index contributed by atoms with van der Waals surface area (Å²) in [5.41, 5.74) is 0. The second kappa shape index (κ2) is 9.31. The van der Waals surface area contributed by atoms with Gasteiger partial charge in [0.2, 0.25) is 5.91 Å². The third kappa shape index (κ3) is 5.52. The smallest absolute Gasteiger partial charge is 0.222 e. The third-order valence-electron chi connectivity index (χ3n) is 5.19. The van der Waals surface area contributed by atoms with Crippen molar-refractivity contribution >= 4 is 5.91 Å². The van der Waals surface area contributed by atoms with Crippen molar-refractivity contribution in [2.75, 3.05) is 52.5 Å². The van der Waals surface area contributed by atoms with Crippen molar-refractivity contribution < 1.29 is 14.6 Å². The molecule has 0 unspecified atom stereocenters. The van der Waals surface area contributed by atoms with Crippen LogP contribution in [0.15, 0.2) is 18.5 Å². The van der Waals surface area contributed by atoms with E-state index in [2.05, 4.69) is 10.00 Å². The van der Waals surface area contributed by atoms with E-state index in [1.54, 1.807) is 6.20 Å². The summed E-state index contributed by atoms with van der Waals surface area (Å²) in [5, 5.41) is 13.8. The third-order valence-corrected chi connectivity index (χ3v) is 5.19. The van der Waals surface area contributed by atoms with E-state index in [1.165, 1.54) is 0 Å². The predicted octanol–water partition coefficient (Wildman–Crippen LogP) is 0.453. The van der Waals surface area contributed by atoms with Gasteiger partial charge in [0, 0.05) is 64.7 Å². The van der Waals surface area contributed by atoms with Crippen molar-refractivity contribution in [3.63, 3.8) is 0 Å². The Morgan fingerprint density at radius 3 is 2.76 bits per heavy atom. The number of hydrogen-bond acceptors (Lipinski definition) is 5. The van der Waals surface area contributed by atoms with Gasteiger partial charge in [-0.25, -0.2) is 0 Å². The summed E-state index contributed by atoms with van der Waals surface area (Å²) < 4.78 is 7.27. The summed E-state index contributed by atoms with van der Waals surface area (Å²) in [6.07, 6.45) is 6.03. The molecule has 0 radical (unpaired) electrons. The minimum atomic E-state index is 0.163. The maximum absolute atomic E-state index is 12.6. The molecule has 1 aromatic rings. The van der Waals surface area contributed by atoms with E-state index < -0.39 is 0 Å². The van der Waals surface area contributed by atoms with Gasteiger partial charge in [0.25, 0.3) is 0 Å². The van der Waals surface area contributed by atoms with Crippen LogP contribution >= 0.6 is 0 Å². The minimum Gasteiger partial charge on any atom is -0.396 e. The summed E-state index contributed by atoms with van der Waals surface area (Å²) in [4.78, 5) is 17.0. The van der Waals surface area contributed by atoms with Gasteiger partial charge < -0.3 is 14.7 Å². The molecular weight excluding hydrogens is 320 g/mol. The van der Waals surface area contributed by atoms with Gasteiger partial charge >= 0.3 is 0 Å². The van der Waals surface area contributed by atoms with Crippen LogP contribution in [0, 0.1) is 11.8 Å². The zero-order chi connectivity index (χ0) is 17.5. The number of rotatable bonds is 7. The van der Waals surface area contributed by atoms with E-state index in [-0.39, 0.29) is 18.4 Å². The van der Waals surface area contributed by atoms with Crippen LogP contribution < -0.4 is 0 Å². The summed E-state index contributed by atoms with van der Waals surface area (Å²) >= 11 is 0. The normalized spacial score (nSPS) is 25.2. The van der Waals surface area contributed by atoms with Gasteiger partial charge in [0.15, 0.2) is 0 Å². The monoisotopic (exact) mass is 350 g/mol. The number of hydrogen-bond donors (Lipinski definition) is 1. The fourth-order valence-electron chi connectivity index (χ4n) is 3.92. The molecule has 0 saturated carbocycles. The number of aliphatic hydroxyl groups excluding tert-OH is 1. The molecule has 2 fully saturated rings. The summed E-state index contributed by atoms with van der Waals surface area (Å²) in [6.45, 7) is 6.97. The fourth-order valence-corrected chi connectivity index (χ4v) is 3.92. The number of morpholine rings is 1. The molecular formula is C18H30N4O3. The Morgan fingerprint density at radius 2 is 2.04 bits per heavy atom. The second-order valence-electron chi connectivity index (χ2n) is 7.23. The van der Waals surface area contributed by atoms with Gasteiger partial charge in [-0.3, -0.25) is 14.4 Å². The molecule has 0 aliphatic carbocycles. The van der Waals surface area contributed by atoms with E-state index in [0.29, 0.717) is 18.9 Å². The molecule has 0 aromatic carbocycles. The first-order valence-corrected chi connectivity index (χ1v) is 9.40. The van der Waals surface area contributed by atoms with Gasteiger partial charge in [-0.1, -0.05) is 0 Å². The Morgan fingerprint density at radius 1 is 1.24 bits per heavy atom. The van der Waals surface area contributed by atoms with E-state index in [9.17, 15) is 9.90 Å². The number of aromatic nitrogens is 2. The lowest BCUT2D eigenvalue weighted by molar-refractivity contribution is -0.135. The summed E-state index contributed by atoms with van der Waals surface area (Å²) in [5.74, 6) is 0.853. The van der Waals surface area contributed by atoms with E-state index >= 15 is 0 Å². The number of piperidine rings is 1. The van der Waals surface area contributed by atoms with Crippen molar-refractivity contribution in [2.24, 2.45) is 11.8 Å². The molecule has 2 atom stereocenters. The number of carbonyl (C=O) groups excluding carboxylic acids is 1. The highest BCUT2D eigenvalue weighted by Gasteiger charge is 2.30. The molecule has 2 aliphatic heterocycles. The van der Waals surface area contributed by atoms with Crippen LogP contribution in [-0.2, 0) is 16.1 Å². The zero-order valence-electron chi connectivity index (χ0n) is 14.9. The van der Waals surface area contributed by atoms with Crippen LogP contribution in [0.2, 0.25) is 0 Å². The molecule has 2 aliphatic rings.